The number of hydrogen-bond donors (Lipinski definition) is 0. The van der Waals surface area contributed by atoms with Crippen LogP contribution in [0.2, 0.25) is 0 Å². The minimum atomic E-state index is -0.749. The average Bonchev–Trinajstić information content (AvgIpc) is 3.30. The van der Waals surface area contributed by atoms with Gasteiger partial charge < -0.3 is 24.0 Å². The second kappa shape index (κ2) is 11.4. The molecular weight excluding hydrogens is 426 g/mol. The summed E-state index contributed by atoms with van der Waals surface area (Å²) in [6, 6.07) is 12.7. The molecule has 5 nitrogen and oxygen atoms in total. The van der Waals surface area contributed by atoms with Crippen molar-refractivity contribution in [2.45, 2.75) is 37.6 Å². The highest BCUT2D eigenvalue weighted by atomic mass is 19.1. The standard InChI is InChI=1S/C26H34F2N2O3/c1-29(14-2-13-26(31-19-20-32-26)21-3-5-22(27)6-4-21)17-18-30-15-11-25(12-16-30)33-24-9-7-23(28)8-10-24/h3-10,25H,2,11-20H2,1H3. The predicted molar refractivity (Wildman–Crippen MR) is 123 cm³/mol. The van der Waals surface area contributed by atoms with Crippen LogP contribution in [0.3, 0.4) is 0 Å². The Morgan fingerprint density at radius 2 is 1.55 bits per heavy atom. The maximum absolute atomic E-state index is 13.3. The highest BCUT2D eigenvalue weighted by Gasteiger charge is 2.38. The van der Waals surface area contributed by atoms with Gasteiger partial charge in [0, 0.05) is 38.2 Å². The molecule has 0 spiro atoms. The van der Waals surface area contributed by atoms with Crippen LogP contribution in [0, 0.1) is 11.6 Å². The molecule has 0 saturated carbocycles. The maximum Gasteiger partial charge on any atom is 0.195 e. The SMILES string of the molecule is CN(CCCC1(c2ccc(F)cc2)OCCO1)CCN1CCC(Oc2ccc(F)cc2)CC1. The van der Waals surface area contributed by atoms with Gasteiger partial charge in [-0.15, -0.1) is 0 Å². The maximum atomic E-state index is 13.3. The Kier molecular flexibility index (Phi) is 8.30. The Balaban J connectivity index is 1.14. The summed E-state index contributed by atoms with van der Waals surface area (Å²) in [5, 5.41) is 0. The number of rotatable bonds is 10. The summed E-state index contributed by atoms with van der Waals surface area (Å²) in [6.45, 7) is 6.11. The molecule has 2 fully saturated rings. The first-order chi connectivity index (χ1) is 16.0. The average molecular weight is 461 g/mol. The van der Waals surface area contributed by atoms with E-state index in [0.29, 0.717) is 13.2 Å². The summed E-state index contributed by atoms with van der Waals surface area (Å²) < 4.78 is 44.3. The number of piperidine rings is 1. The van der Waals surface area contributed by atoms with E-state index in [2.05, 4.69) is 16.8 Å². The topological polar surface area (TPSA) is 34.2 Å². The van der Waals surface area contributed by atoms with Gasteiger partial charge in [0.2, 0.25) is 0 Å². The van der Waals surface area contributed by atoms with Crippen LogP contribution in [0.5, 0.6) is 5.75 Å². The zero-order valence-corrected chi connectivity index (χ0v) is 19.3. The third-order valence-electron chi connectivity index (χ3n) is 6.53. The first-order valence-electron chi connectivity index (χ1n) is 11.9. The molecule has 0 amide bonds. The smallest absolute Gasteiger partial charge is 0.195 e. The largest absolute Gasteiger partial charge is 0.490 e. The predicted octanol–water partition coefficient (Wildman–Crippen LogP) is 4.42. The van der Waals surface area contributed by atoms with Crippen LogP contribution < -0.4 is 4.74 Å². The van der Waals surface area contributed by atoms with Crippen molar-refractivity contribution in [3.8, 4) is 5.75 Å². The van der Waals surface area contributed by atoms with Crippen molar-refractivity contribution in [2.75, 3.05) is 53.0 Å². The first-order valence-corrected chi connectivity index (χ1v) is 11.9. The van der Waals surface area contributed by atoms with Gasteiger partial charge in [-0.25, -0.2) is 8.78 Å². The molecule has 2 aromatic rings. The van der Waals surface area contributed by atoms with E-state index in [9.17, 15) is 8.78 Å². The summed E-state index contributed by atoms with van der Waals surface area (Å²) in [7, 11) is 2.14. The van der Waals surface area contributed by atoms with Crippen LogP contribution in [0.25, 0.3) is 0 Å². The van der Waals surface area contributed by atoms with Crippen LogP contribution in [0.15, 0.2) is 48.5 Å². The Bertz CT molecular complexity index is 849. The van der Waals surface area contributed by atoms with Gasteiger partial charge in [-0.3, -0.25) is 0 Å². The normalized spacial score (nSPS) is 19.3. The van der Waals surface area contributed by atoms with Crippen LogP contribution in [-0.2, 0) is 15.3 Å². The lowest BCUT2D eigenvalue weighted by molar-refractivity contribution is -0.172. The molecular formula is C26H34F2N2O3. The van der Waals surface area contributed by atoms with E-state index in [4.69, 9.17) is 14.2 Å². The molecule has 2 aromatic carbocycles. The number of likely N-dealkylation sites (tertiary alicyclic amines) is 1. The summed E-state index contributed by atoms with van der Waals surface area (Å²) >= 11 is 0. The molecule has 0 aliphatic carbocycles. The van der Waals surface area contributed by atoms with Crippen molar-refractivity contribution in [1.29, 1.82) is 0 Å². The minimum absolute atomic E-state index is 0.193. The van der Waals surface area contributed by atoms with Gasteiger partial charge in [-0.1, -0.05) is 12.1 Å². The van der Waals surface area contributed by atoms with Gasteiger partial charge >= 0.3 is 0 Å². The highest BCUT2D eigenvalue weighted by Crippen LogP contribution is 2.36. The summed E-state index contributed by atoms with van der Waals surface area (Å²) in [5.41, 5.74) is 0.884. The zero-order valence-electron chi connectivity index (χ0n) is 19.3. The fourth-order valence-corrected chi connectivity index (χ4v) is 4.58. The van der Waals surface area contributed by atoms with E-state index in [-0.39, 0.29) is 17.7 Å². The van der Waals surface area contributed by atoms with Crippen LogP contribution in [0.4, 0.5) is 8.78 Å². The van der Waals surface area contributed by atoms with E-state index in [1.807, 2.05) is 0 Å². The van der Waals surface area contributed by atoms with E-state index >= 15 is 0 Å². The summed E-state index contributed by atoms with van der Waals surface area (Å²) in [5.74, 6) is -0.503. The molecule has 33 heavy (non-hydrogen) atoms. The fraction of sp³-hybridized carbons (Fsp3) is 0.538. The van der Waals surface area contributed by atoms with Gasteiger partial charge in [0.15, 0.2) is 5.79 Å². The highest BCUT2D eigenvalue weighted by molar-refractivity contribution is 5.23. The molecule has 2 heterocycles. The van der Waals surface area contributed by atoms with E-state index in [0.717, 1.165) is 69.7 Å². The van der Waals surface area contributed by atoms with Crippen LogP contribution >= 0.6 is 0 Å². The van der Waals surface area contributed by atoms with Crippen molar-refractivity contribution < 1.29 is 23.0 Å². The van der Waals surface area contributed by atoms with Gasteiger partial charge in [0.25, 0.3) is 0 Å². The van der Waals surface area contributed by atoms with Gasteiger partial charge in [-0.2, -0.15) is 0 Å². The van der Waals surface area contributed by atoms with Crippen molar-refractivity contribution in [1.82, 2.24) is 9.80 Å². The summed E-state index contributed by atoms with van der Waals surface area (Å²) in [6.07, 6.45) is 3.83. The number of benzene rings is 2. The second-order valence-electron chi connectivity index (χ2n) is 8.98. The Morgan fingerprint density at radius 1 is 0.939 bits per heavy atom. The third kappa shape index (κ3) is 6.73. The Hall–Kier alpha value is -2.06. The minimum Gasteiger partial charge on any atom is -0.490 e. The van der Waals surface area contributed by atoms with E-state index in [1.165, 1.54) is 24.3 Å². The third-order valence-corrected chi connectivity index (χ3v) is 6.53. The van der Waals surface area contributed by atoms with Crippen molar-refractivity contribution >= 4 is 0 Å². The number of hydrogen-bond acceptors (Lipinski definition) is 5. The monoisotopic (exact) mass is 460 g/mol. The van der Waals surface area contributed by atoms with Gasteiger partial charge in [0.1, 0.15) is 23.5 Å². The number of likely N-dealkylation sites (N-methyl/N-ethyl adjacent to an activating group) is 1. The lowest BCUT2D eigenvalue weighted by atomic mass is 10.0. The number of halogens is 2. The molecule has 180 valence electrons. The molecule has 0 atom stereocenters. The molecule has 7 heteroatoms. The Morgan fingerprint density at radius 3 is 2.18 bits per heavy atom. The fourth-order valence-electron chi connectivity index (χ4n) is 4.58. The molecule has 4 rings (SSSR count). The molecule has 2 saturated heterocycles. The Labute approximate surface area is 195 Å². The van der Waals surface area contributed by atoms with Gasteiger partial charge in [0.05, 0.1) is 13.2 Å². The molecule has 0 bridgehead atoms. The molecule has 0 N–H and O–H groups in total. The lowest BCUT2D eigenvalue weighted by Gasteiger charge is -2.33. The molecule has 2 aliphatic heterocycles. The van der Waals surface area contributed by atoms with Crippen molar-refractivity contribution in [3.63, 3.8) is 0 Å². The quantitative estimate of drug-likeness (QED) is 0.524. The lowest BCUT2D eigenvalue weighted by Crippen LogP contribution is -2.41. The number of ether oxygens (including phenoxy) is 3. The van der Waals surface area contributed by atoms with E-state index in [1.54, 1.807) is 24.3 Å². The second-order valence-corrected chi connectivity index (χ2v) is 8.98. The molecule has 0 aromatic heterocycles. The first kappa shape index (κ1) is 24.1. The van der Waals surface area contributed by atoms with E-state index < -0.39 is 5.79 Å². The van der Waals surface area contributed by atoms with Crippen molar-refractivity contribution in [3.05, 3.63) is 65.7 Å². The summed E-state index contributed by atoms with van der Waals surface area (Å²) in [4.78, 5) is 4.82. The van der Waals surface area contributed by atoms with Crippen LogP contribution in [-0.4, -0.2) is 68.9 Å². The zero-order chi connectivity index (χ0) is 23.1. The van der Waals surface area contributed by atoms with Crippen LogP contribution in [0.1, 0.15) is 31.2 Å². The number of nitrogens with zero attached hydrogens (tertiary/aromatic N) is 2. The molecule has 0 radical (unpaired) electrons. The van der Waals surface area contributed by atoms with Gasteiger partial charge in [-0.05, 0) is 69.3 Å². The van der Waals surface area contributed by atoms with Crippen molar-refractivity contribution in [2.24, 2.45) is 0 Å². The molecule has 2 aliphatic rings. The molecule has 0 unspecified atom stereocenters.